The van der Waals surface area contributed by atoms with Gasteiger partial charge in [0, 0.05) is 26.2 Å². The Labute approximate surface area is 158 Å². The van der Waals surface area contributed by atoms with Gasteiger partial charge in [-0.15, -0.1) is 0 Å². The Morgan fingerprint density at radius 3 is 2.68 bits per heavy atom. The maximum absolute atomic E-state index is 12.9. The number of nitrogens with zero attached hydrogens (tertiary/aromatic N) is 5. The van der Waals surface area contributed by atoms with Crippen molar-refractivity contribution in [1.82, 2.24) is 14.5 Å². The average Bonchev–Trinajstić information content (AvgIpc) is 3.35. The fourth-order valence-corrected chi connectivity index (χ4v) is 3.72. The van der Waals surface area contributed by atoms with Gasteiger partial charge in [-0.05, 0) is 18.2 Å². The summed E-state index contributed by atoms with van der Waals surface area (Å²) in [5.41, 5.74) is 1.84. The van der Waals surface area contributed by atoms with Gasteiger partial charge in [0.2, 0.25) is 11.9 Å². The summed E-state index contributed by atoms with van der Waals surface area (Å²) < 4.78 is 6.97. The van der Waals surface area contributed by atoms with Crippen LogP contribution < -0.4 is 4.90 Å². The minimum Gasteiger partial charge on any atom is -0.395 e. The van der Waals surface area contributed by atoms with Gasteiger partial charge in [-0.25, -0.2) is 4.98 Å². The third kappa shape index (κ3) is 2.38. The molecule has 2 amide bonds. The van der Waals surface area contributed by atoms with Gasteiger partial charge in [0.1, 0.15) is 4.92 Å². The minimum atomic E-state index is -0.696. The zero-order valence-corrected chi connectivity index (χ0v) is 14.6. The molecule has 10 heteroatoms. The van der Waals surface area contributed by atoms with Gasteiger partial charge in [-0.3, -0.25) is 24.6 Å². The number of likely N-dealkylation sites (tertiary alicyclic amines) is 1. The van der Waals surface area contributed by atoms with E-state index in [2.05, 4.69) is 4.98 Å². The van der Waals surface area contributed by atoms with Crippen LogP contribution in [0.2, 0.25) is 0 Å². The number of carbonyl (C=O) groups excluding carboxylic acids is 2. The summed E-state index contributed by atoms with van der Waals surface area (Å²) in [5.74, 6) is -0.778. The summed E-state index contributed by atoms with van der Waals surface area (Å²) in [5, 5.41) is 10.7. The zero-order chi connectivity index (χ0) is 19.4. The van der Waals surface area contributed by atoms with E-state index in [1.165, 1.54) is 11.0 Å². The predicted molar refractivity (Wildman–Crippen MR) is 96.8 cm³/mol. The standard InChI is InChI=1S/C18H15N5O5/c24-16(22-8-7-21-13-4-2-1-3-12(13)19-18(21)22)11-9-20(10-11)17(25)14-5-6-15(28-14)23(26)27/h1-6,11H,7-10H2. The van der Waals surface area contributed by atoms with Crippen LogP contribution in [0.4, 0.5) is 11.8 Å². The number of aromatic nitrogens is 2. The summed E-state index contributed by atoms with van der Waals surface area (Å²) in [6.07, 6.45) is 0. The van der Waals surface area contributed by atoms with E-state index in [0.29, 0.717) is 19.0 Å². The molecule has 2 aliphatic heterocycles. The lowest BCUT2D eigenvalue weighted by molar-refractivity contribution is -0.402. The lowest BCUT2D eigenvalue weighted by Crippen LogP contribution is -2.56. The number of para-hydroxylation sites is 2. The van der Waals surface area contributed by atoms with E-state index < -0.39 is 16.7 Å². The summed E-state index contributed by atoms with van der Waals surface area (Å²) >= 11 is 0. The van der Waals surface area contributed by atoms with Crippen LogP contribution in [-0.2, 0) is 11.3 Å². The van der Waals surface area contributed by atoms with E-state index in [9.17, 15) is 19.7 Å². The molecule has 0 aliphatic carbocycles. The third-order valence-electron chi connectivity index (χ3n) is 5.19. The van der Waals surface area contributed by atoms with Crippen molar-refractivity contribution >= 4 is 34.7 Å². The van der Waals surface area contributed by atoms with Crippen LogP contribution in [0.5, 0.6) is 0 Å². The molecule has 0 N–H and O–H groups in total. The molecule has 5 rings (SSSR count). The smallest absolute Gasteiger partial charge is 0.395 e. The molecule has 3 aromatic rings. The Morgan fingerprint density at radius 2 is 1.93 bits per heavy atom. The average molecular weight is 381 g/mol. The number of nitro groups is 1. The first-order chi connectivity index (χ1) is 13.5. The number of hydrogen-bond acceptors (Lipinski definition) is 6. The van der Waals surface area contributed by atoms with Crippen molar-refractivity contribution < 1.29 is 18.9 Å². The monoisotopic (exact) mass is 381 g/mol. The second-order valence-electron chi connectivity index (χ2n) is 6.84. The molecule has 1 fully saturated rings. The van der Waals surface area contributed by atoms with Crippen LogP contribution in [0.15, 0.2) is 40.8 Å². The van der Waals surface area contributed by atoms with E-state index in [0.717, 1.165) is 17.1 Å². The van der Waals surface area contributed by atoms with Crippen LogP contribution >= 0.6 is 0 Å². The van der Waals surface area contributed by atoms with Crippen molar-refractivity contribution in [3.63, 3.8) is 0 Å². The van der Waals surface area contributed by atoms with Crippen LogP contribution in [0.1, 0.15) is 10.6 Å². The first-order valence-electron chi connectivity index (χ1n) is 8.83. The first kappa shape index (κ1) is 16.5. The number of fused-ring (bicyclic) bond motifs is 3. The molecule has 2 aliphatic rings. The topological polar surface area (TPSA) is 115 Å². The number of rotatable bonds is 3. The van der Waals surface area contributed by atoms with E-state index in [1.54, 1.807) is 4.90 Å². The molecule has 0 radical (unpaired) electrons. The Bertz CT molecular complexity index is 1130. The Kier molecular flexibility index (Phi) is 3.48. The van der Waals surface area contributed by atoms with Gasteiger partial charge >= 0.3 is 5.88 Å². The number of amides is 2. The van der Waals surface area contributed by atoms with Crippen molar-refractivity contribution in [2.24, 2.45) is 5.92 Å². The van der Waals surface area contributed by atoms with Crippen molar-refractivity contribution in [3.8, 4) is 0 Å². The predicted octanol–water partition coefficient (Wildman–Crippen LogP) is 1.66. The summed E-state index contributed by atoms with van der Waals surface area (Å²) in [6.45, 7) is 1.75. The maximum atomic E-state index is 12.9. The normalized spacial score (nSPS) is 16.3. The molecule has 10 nitrogen and oxygen atoms in total. The third-order valence-corrected chi connectivity index (χ3v) is 5.19. The molecule has 2 aromatic heterocycles. The Morgan fingerprint density at radius 1 is 1.14 bits per heavy atom. The number of furan rings is 1. The molecule has 0 bridgehead atoms. The number of benzene rings is 1. The summed E-state index contributed by atoms with van der Waals surface area (Å²) in [6, 6.07) is 10.2. The van der Waals surface area contributed by atoms with Crippen LogP contribution in [0.25, 0.3) is 11.0 Å². The van der Waals surface area contributed by atoms with E-state index in [-0.39, 0.29) is 30.7 Å². The molecule has 0 atom stereocenters. The number of carbonyl (C=O) groups is 2. The minimum absolute atomic E-state index is 0.0662. The Hall–Kier alpha value is -3.69. The van der Waals surface area contributed by atoms with Crippen LogP contribution in [0.3, 0.4) is 0 Å². The van der Waals surface area contributed by atoms with Gasteiger partial charge in [0.15, 0.2) is 5.76 Å². The SMILES string of the molecule is O=C(c1ccc([N+](=O)[O-])o1)N1CC(C(=O)N2CCn3c2nc2ccccc23)C1. The largest absolute Gasteiger partial charge is 0.433 e. The van der Waals surface area contributed by atoms with Crippen LogP contribution in [0, 0.1) is 16.0 Å². The van der Waals surface area contributed by atoms with Gasteiger partial charge in [0.05, 0.1) is 23.0 Å². The zero-order valence-electron chi connectivity index (χ0n) is 14.6. The maximum Gasteiger partial charge on any atom is 0.433 e. The lowest BCUT2D eigenvalue weighted by atomic mass is 9.98. The van der Waals surface area contributed by atoms with E-state index in [1.807, 2.05) is 28.8 Å². The molecular formula is C18H15N5O5. The van der Waals surface area contributed by atoms with Gasteiger partial charge in [-0.2, -0.15) is 0 Å². The first-order valence-corrected chi connectivity index (χ1v) is 8.83. The molecule has 1 saturated heterocycles. The number of imidazole rings is 1. The van der Waals surface area contributed by atoms with Gasteiger partial charge in [-0.1, -0.05) is 12.1 Å². The lowest BCUT2D eigenvalue weighted by Gasteiger charge is -2.38. The van der Waals surface area contributed by atoms with E-state index in [4.69, 9.17) is 4.42 Å². The fraction of sp³-hybridized carbons (Fsp3) is 0.278. The molecule has 0 saturated carbocycles. The highest BCUT2D eigenvalue weighted by atomic mass is 16.6. The molecule has 142 valence electrons. The molecule has 0 spiro atoms. The van der Waals surface area contributed by atoms with Crippen molar-refractivity contribution in [2.75, 3.05) is 24.5 Å². The van der Waals surface area contributed by atoms with Gasteiger partial charge in [0.25, 0.3) is 5.91 Å². The van der Waals surface area contributed by atoms with E-state index >= 15 is 0 Å². The number of hydrogen-bond donors (Lipinski definition) is 0. The molecule has 4 heterocycles. The summed E-state index contributed by atoms with van der Waals surface area (Å²) in [7, 11) is 0. The highest BCUT2D eigenvalue weighted by Gasteiger charge is 2.41. The molecule has 0 unspecified atom stereocenters. The highest BCUT2D eigenvalue weighted by molar-refractivity contribution is 5.99. The molecular weight excluding hydrogens is 366 g/mol. The van der Waals surface area contributed by atoms with Crippen LogP contribution in [-0.4, -0.2) is 50.8 Å². The summed E-state index contributed by atoms with van der Waals surface area (Å²) in [4.78, 5) is 42.9. The van der Waals surface area contributed by atoms with Gasteiger partial charge < -0.3 is 13.9 Å². The molecule has 28 heavy (non-hydrogen) atoms. The molecule has 1 aromatic carbocycles. The highest BCUT2D eigenvalue weighted by Crippen LogP contribution is 2.30. The Balaban J connectivity index is 1.28. The van der Waals surface area contributed by atoms with Crippen molar-refractivity contribution in [2.45, 2.75) is 6.54 Å². The fourth-order valence-electron chi connectivity index (χ4n) is 3.72. The quantitative estimate of drug-likeness (QED) is 0.503. The van der Waals surface area contributed by atoms with Crippen molar-refractivity contribution in [3.05, 3.63) is 52.3 Å². The van der Waals surface area contributed by atoms with Crippen molar-refractivity contribution in [1.29, 1.82) is 0 Å². The second-order valence-corrected chi connectivity index (χ2v) is 6.84. The second kappa shape index (κ2) is 5.91. The number of anilines is 1.